The van der Waals surface area contributed by atoms with E-state index in [2.05, 4.69) is 32.9 Å². The van der Waals surface area contributed by atoms with Gasteiger partial charge in [0, 0.05) is 0 Å². The molecule has 120 valence electrons. The van der Waals surface area contributed by atoms with Crippen LogP contribution in [0.15, 0.2) is 12.1 Å². The fraction of sp³-hybridized carbons (Fsp3) is 0.700. The Bertz CT molecular complexity index is 366. The van der Waals surface area contributed by atoms with Crippen LogP contribution in [0.1, 0.15) is 88.8 Å². The Labute approximate surface area is 131 Å². The van der Waals surface area contributed by atoms with Gasteiger partial charge in [0.25, 0.3) is 0 Å². The Morgan fingerprint density at radius 3 is 1.67 bits per heavy atom. The number of rotatable bonds is 11. The molecule has 0 aromatic heterocycles. The van der Waals surface area contributed by atoms with E-state index in [-0.39, 0.29) is 0 Å². The molecule has 0 aliphatic heterocycles. The smallest absolute Gasteiger partial charge is 0.121 e. The van der Waals surface area contributed by atoms with E-state index in [0.717, 1.165) is 12.8 Å². The largest absolute Gasteiger partial charge is 0.507 e. The molecule has 0 amide bonds. The summed E-state index contributed by atoms with van der Waals surface area (Å²) in [5.41, 5.74) is 3.79. The van der Waals surface area contributed by atoms with Gasteiger partial charge in [-0.15, -0.1) is 0 Å². The Hall–Kier alpha value is -0.980. The van der Waals surface area contributed by atoms with E-state index in [0.29, 0.717) is 5.75 Å². The molecule has 0 unspecified atom stereocenters. The highest BCUT2D eigenvalue weighted by atomic mass is 16.3. The monoisotopic (exact) mass is 290 g/mol. The topological polar surface area (TPSA) is 20.2 Å². The zero-order chi connectivity index (χ0) is 15.5. The van der Waals surface area contributed by atoms with Crippen molar-refractivity contribution in [2.24, 2.45) is 0 Å². The summed E-state index contributed by atoms with van der Waals surface area (Å²) >= 11 is 0. The molecule has 1 N–H and O–H groups in total. The van der Waals surface area contributed by atoms with Crippen LogP contribution in [0.25, 0.3) is 0 Å². The van der Waals surface area contributed by atoms with E-state index in [1.807, 2.05) is 0 Å². The normalized spacial score (nSPS) is 11.0. The molecule has 0 spiro atoms. The first-order valence-electron chi connectivity index (χ1n) is 9.06. The minimum Gasteiger partial charge on any atom is -0.507 e. The lowest BCUT2D eigenvalue weighted by molar-refractivity contribution is 0.458. The minimum atomic E-state index is 0.578. The molecule has 0 radical (unpaired) electrons. The molecule has 0 saturated carbocycles. The number of hydrogen-bond donors (Lipinski definition) is 1. The lowest BCUT2D eigenvalue weighted by Gasteiger charge is -2.13. The third-order valence-electron chi connectivity index (χ3n) is 4.25. The highest BCUT2D eigenvalue weighted by Gasteiger charge is 2.09. The number of aromatic hydroxyl groups is 1. The summed E-state index contributed by atoms with van der Waals surface area (Å²) in [5.74, 6) is 0.578. The molecule has 0 heterocycles. The zero-order valence-corrected chi connectivity index (χ0v) is 14.4. The maximum absolute atomic E-state index is 10.5. The van der Waals surface area contributed by atoms with Gasteiger partial charge in [-0.1, -0.05) is 65.0 Å². The fourth-order valence-corrected chi connectivity index (χ4v) is 2.85. The number of phenolic OH excluding ortho intramolecular Hbond substituents is 1. The maximum Gasteiger partial charge on any atom is 0.121 e. The highest BCUT2D eigenvalue weighted by Crippen LogP contribution is 2.28. The van der Waals surface area contributed by atoms with Gasteiger partial charge in [0.05, 0.1) is 0 Å². The van der Waals surface area contributed by atoms with Crippen molar-refractivity contribution in [2.45, 2.75) is 91.4 Å². The van der Waals surface area contributed by atoms with Crippen molar-refractivity contribution in [3.05, 3.63) is 28.8 Å². The van der Waals surface area contributed by atoms with Crippen LogP contribution in [0.5, 0.6) is 5.75 Å². The molecule has 0 fully saturated rings. The van der Waals surface area contributed by atoms with Crippen molar-refractivity contribution in [3.63, 3.8) is 0 Å². The number of aryl methyl sites for hydroxylation is 3. The molecule has 0 aliphatic carbocycles. The van der Waals surface area contributed by atoms with Gasteiger partial charge < -0.3 is 5.11 Å². The summed E-state index contributed by atoms with van der Waals surface area (Å²) in [5, 5.41) is 10.5. The van der Waals surface area contributed by atoms with Gasteiger partial charge in [-0.05, 0) is 55.2 Å². The van der Waals surface area contributed by atoms with Crippen molar-refractivity contribution in [3.8, 4) is 5.75 Å². The molecule has 0 bridgehead atoms. The minimum absolute atomic E-state index is 0.578. The summed E-state index contributed by atoms with van der Waals surface area (Å²) in [6, 6.07) is 4.51. The summed E-state index contributed by atoms with van der Waals surface area (Å²) in [6.07, 6.45) is 13.1. The first-order chi connectivity index (χ1) is 10.2. The van der Waals surface area contributed by atoms with E-state index >= 15 is 0 Å². The van der Waals surface area contributed by atoms with Gasteiger partial charge in [0.1, 0.15) is 5.75 Å². The van der Waals surface area contributed by atoms with Crippen molar-refractivity contribution in [1.82, 2.24) is 0 Å². The second kappa shape index (κ2) is 10.7. The van der Waals surface area contributed by atoms with Gasteiger partial charge in [0.15, 0.2) is 0 Å². The predicted molar refractivity (Wildman–Crippen MR) is 93.2 cm³/mol. The Kier molecular flexibility index (Phi) is 9.21. The average Bonchev–Trinajstić information content (AvgIpc) is 2.50. The van der Waals surface area contributed by atoms with Crippen LogP contribution in [-0.4, -0.2) is 5.11 Å². The Morgan fingerprint density at radius 2 is 1.19 bits per heavy atom. The zero-order valence-electron chi connectivity index (χ0n) is 14.4. The second-order valence-electron chi connectivity index (χ2n) is 6.28. The van der Waals surface area contributed by atoms with Crippen molar-refractivity contribution < 1.29 is 5.11 Å². The summed E-state index contributed by atoms with van der Waals surface area (Å²) in [6.45, 7) is 6.68. The first kappa shape index (κ1) is 18.1. The van der Waals surface area contributed by atoms with E-state index < -0.39 is 0 Å². The number of benzene rings is 1. The molecule has 1 nitrogen and oxygen atoms in total. The Morgan fingerprint density at radius 1 is 0.667 bits per heavy atom. The van der Waals surface area contributed by atoms with E-state index in [1.165, 1.54) is 74.5 Å². The van der Waals surface area contributed by atoms with Gasteiger partial charge >= 0.3 is 0 Å². The molecular weight excluding hydrogens is 256 g/mol. The predicted octanol–water partition coefficient (Wildman–Crippen LogP) is 6.20. The molecule has 0 atom stereocenters. The molecule has 1 heteroatoms. The highest BCUT2D eigenvalue weighted by molar-refractivity contribution is 5.44. The van der Waals surface area contributed by atoms with Crippen LogP contribution in [0.3, 0.4) is 0 Å². The van der Waals surface area contributed by atoms with Crippen LogP contribution >= 0.6 is 0 Å². The van der Waals surface area contributed by atoms with Crippen molar-refractivity contribution in [1.29, 1.82) is 0 Å². The average molecular weight is 290 g/mol. The van der Waals surface area contributed by atoms with E-state index in [4.69, 9.17) is 0 Å². The van der Waals surface area contributed by atoms with Crippen LogP contribution < -0.4 is 0 Å². The van der Waals surface area contributed by atoms with Crippen LogP contribution in [0, 0.1) is 0 Å². The molecule has 0 saturated heterocycles. The number of unbranched alkanes of at least 4 members (excludes halogenated alkanes) is 5. The van der Waals surface area contributed by atoms with Crippen LogP contribution in [0.4, 0.5) is 0 Å². The van der Waals surface area contributed by atoms with Crippen molar-refractivity contribution >= 4 is 0 Å². The van der Waals surface area contributed by atoms with E-state index in [1.54, 1.807) is 0 Å². The van der Waals surface area contributed by atoms with Gasteiger partial charge in [-0.3, -0.25) is 0 Å². The first-order valence-corrected chi connectivity index (χ1v) is 9.06. The molecule has 21 heavy (non-hydrogen) atoms. The molecule has 1 aromatic rings. The van der Waals surface area contributed by atoms with Gasteiger partial charge in [0.2, 0.25) is 0 Å². The van der Waals surface area contributed by atoms with Crippen LogP contribution in [-0.2, 0) is 19.3 Å². The summed E-state index contributed by atoms with van der Waals surface area (Å²) in [4.78, 5) is 0. The maximum atomic E-state index is 10.5. The Balaban J connectivity index is 2.79. The SMILES string of the molecule is CCCCCCc1cc(CCCC)c(O)c(CCCC)c1. The number of phenols is 1. The fourth-order valence-electron chi connectivity index (χ4n) is 2.85. The molecule has 1 rings (SSSR count). The molecule has 1 aromatic carbocycles. The standard InChI is InChI=1S/C20H34O/c1-4-7-10-11-12-17-15-18(13-8-5-2)20(21)19(16-17)14-9-6-3/h15-16,21H,4-14H2,1-3H3. The van der Waals surface area contributed by atoms with Crippen LogP contribution in [0.2, 0.25) is 0 Å². The van der Waals surface area contributed by atoms with Gasteiger partial charge in [-0.25, -0.2) is 0 Å². The lowest BCUT2D eigenvalue weighted by atomic mass is 9.95. The second-order valence-corrected chi connectivity index (χ2v) is 6.28. The molecule has 0 aliphatic rings. The lowest BCUT2D eigenvalue weighted by Crippen LogP contribution is -1.97. The summed E-state index contributed by atoms with van der Waals surface area (Å²) in [7, 11) is 0. The third-order valence-corrected chi connectivity index (χ3v) is 4.25. The summed E-state index contributed by atoms with van der Waals surface area (Å²) < 4.78 is 0. The van der Waals surface area contributed by atoms with Gasteiger partial charge in [-0.2, -0.15) is 0 Å². The third kappa shape index (κ3) is 6.54. The molecular formula is C20H34O. The quantitative estimate of drug-likeness (QED) is 0.481. The van der Waals surface area contributed by atoms with E-state index in [9.17, 15) is 5.11 Å². The van der Waals surface area contributed by atoms with Crippen molar-refractivity contribution in [2.75, 3.05) is 0 Å². The number of hydrogen-bond acceptors (Lipinski definition) is 1.